The van der Waals surface area contributed by atoms with Gasteiger partial charge in [-0.25, -0.2) is 14.0 Å². The number of benzene rings is 3. The van der Waals surface area contributed by atoms with Gasteiger partial charge in [0.1, 0.15) is 23.1 Å². The molecule has 9 heteroatoms. The van der Waals surface area contributed by atoms with Crippen LogP contribution in [0.5, 0.6) is 11.5 Å². The molecule has 0 aliphatic carbocycles. The van der Waals surface area contributed by atoms with Crippen LogP contribution in [0.3, 0.4) is 0 Å². The van der Waals surface area contributed by atoms with Crippen LogP contribution in [0, 0.1) is 5.82 Å². The van der Waals surface area contributed by atoms with Gasteiger partial charge in [0, 0.05) is 29.9 Å². The lowest BCUT2D eigenvalue weighted by atomic mass is 9.73. The van der Waals surface area contributed by atoms with Crippen LogP contribution in [0.25, 0.3) is 0 Å². The van der Waals surface area contributed by atoms with E-state index in [2.05, 4.69) is 5.32 Å². The van der Waals surface area contributed by atoms with Crippen LogP contribution in [0.2, 0.25) is 0 Å². The molecule has 1 aliphatic heterocycles. The highest BCUT2D eigenvalue weighted by atomic mass is 19.1. The van der Waals surface area contributed by atoms with E-state index in [1.165, 1.54) is 55.6 Å². The van der Waals surface area contributed by atoms with Gasteiger partial charge in [0.15, 0.2) is 0 Å². The molecule has 0 fully saturated rings. The van der Waals surface area contributed by atoms with Crippen molar-refractivity contribution in [3.8, 4) is 11.5 Å². The first-order valence-corrected chi connectivity index (χ1v) is 11.0. The maximum atomic E-state index is 13.6. The van der Waals surface area contributed by atoms with Crippen LogP contribution < -0.4 is 14.8 Å². The summed E-state index contributed by atoms with van der Waals surface area (Å²) in [6.45, 7) is 0. The van der Waals surface area contributed by atoms with Gasteiger partial charge in [0.2, 0.25) is 5.54 Å². The van der Waals surface area contributed by atoms with Gasteiger partial charge in [-0.2, -0.15) is 0 Å². The third kappa shape index (κ3) is 4.68. The Morgan fingerprint density at radius 2 is 1.78 bits per heavy atom. The molecule has 3 aromatic rings. The molecule has 1 heterocycles. The molecule has 8 nitrogen and oxygen atoms in total. The van der Waals surface area contributed by atoms with Crippen LogP contribution >= 0.6 is 0 Å². The van der Waals surface area contributed by atoms with Crippen LogP contribution in [-0.2, 0) is 20.8 Å². The SMILES string of the molecule is COc1ccc(C(=O)NC2(C(=O)O)C(=O)Oc3ccccc3C2CC(=O)Cc2cccc(F)c2)cc1. The van der Waals surface area contributed by atoms with E-state index in [1.54, 1.807) is 24.3 Å². The number of rotatable bonds is 8. The van der Waals surface area contributed by atoms with Gasteiger partial charge in [-0.3, -0.25) is 9.59 Å². The standard InChI is InChI=1S/C27H22FNO7/c1-35-20-11-9-17(10-12-20)24(31)29-27(25(32)33)22(21-7-2-3-8-23(21)36-26(27)34)15-19(30)14-16-5-4-6-18(28)13-16/h2-13,22H,14-15H2,1H3,(H,29,31)(H,32,33). The van der Waals surface area contributed by atoms with Crippen LogP contribution in [0.4, 0.5) is 4.39 Å². The van der Waals surface area contributed by atoms with Gasteiger partial charge >= 0.3 is 11.9 Å². The van der Waals surface area contributed by atoms with E-state index in [9.17, 15) is 28.7 Å². The van der Waals surface area contributed by atoms with Crippen LogP contribution in [-0.4, -0.2) is 41.4 Å². The lowest BCUT2D eigenvalue weighted by Crippen LogP contribution is -2.66. The Hall–Kier alpha value is -4.53. The third-order valence-corrected chi connectivity index (χ3v) is 6.06. The van der Waals surface area contributed by atoms with Crippen molar-refractivity contribution in [1.82, 2.24) is 5.32 Å². The Labute approximate surface area is 205 Å². The Kier molecular flexibility index (Phi) is 6.82. The first-order chi connectivity index (χ1) is 17.2. The number of esters is 1. The Bertz CT molecular complexity index is 1340. The molecule has 3 aromatic carbocycles. The molecular weight excluding hydrogens is 469 g/mol. The van der Waals surface area contributed by atoms with Crippen molar-refractivity contribution in [2.24, 2.45) is 0 Å². The predicted molar refractivity (Wildman–Crippen MR) is 125 cm³/mol. The van der Waals surface area contributed by atoms with Gasteiger partial charge in [-0.1, -0.05) is 30.3 Å². The monoisotopic (exact) mass is 491 g/mol. The minimum absolute atomic E-state index is 0.0768. The minimum Gasteiger partial charge on any atom is -0.497 e. The van der Waals surface area contributed by atoms with Crippen LogP contribution in [0.1, 0.15) is 33.8 Å². The van der Waals surface area contributed by atoms with Crippen molar-refractivity contribution in [3.05, 3.63) is 95.3 Å². The largest absolute Gasteiger partial charge is 0.497 e. The summed E-state index contributed by atoms with van der Waals surface area (Å²) in [6, 6.07) is 17.6. The molecule has 0 spiro atoms. The Morgan fingerprint density at radius 1 is 1.06 bits per heavy atom. The molecule has 1 amide bonds. The first kappa shape index (κ1) is 24.6. The maximum Gasteiger partial charge on any atom is 0.349 e. The summed E-state index contributed by atoms with van der Waals surface area (Å²) in [5, 5.41) is 12.6. The molecule has 2 N–H and O–H groups in total. The number of nitrogens with one attached hydrogen (secondary N) is 1. The summed E-state index contributed by atoms with van der Waals surface area (Å²) < 4.78 is 24.0. The summed E-state index contributed by atoms with van der Waals surface area (Å²) >= 11 is 0. The van der Waals surface area contributed by atoms with Crippen molar-refractivity contribution in [3.63, 3.8) is 0 Å². The zero-order valence-electron chi connectivity index (χ0n) is 19.2. The summed E-state index contributed by atoms with van der Waals surface area (Å²) in [5.41, 5.74) is -1.83. The number of amides is 1. The second-order valence-electron chi connectivity index (χ2n) is 8.33. The molecule has 0 saturated carbocycles. The number of carboxylic acid groups (broad SMARTS) is 1. The van der Waals surface area contributed by atoms with E-state index < -0.39 is 47.3 Å². The average Bonchev–Trinajstić information content (AvgIpc) is 2.85. The molecule has 184 valence electrons. The lowest BCUT2D eigenvalue weighted by molar-refractivity contribution is -0.160. The van der Waals surface area contributed by atoms with Crippen molar-refractivity contribution in [2.45, 2.75) is 24.3 Å². The van der Waals surface area contributed by atoms with E-state index in [4.69, 9.17) is 9.47 Å². The van der Waals surface area contributed by atoms with Gasteiger partial charge < -0.3 is 19.9 Å². The Morgan fingerprint density at radius 3 is 2.44 bits per heavy atom. The number of methoxy groups -OCH3 is 1. The smallest absolute Gasteiger partial charge is 0.349 e. The normalized spacial score (nSPS) is 18.5. The number of hydrogen-bond acceptors (Lipinski definition) is 6. The molecular formula is C27H22FNO7. The number of ketones is 1. The molecule has 0 bridgehead atoms. The number of halogens is 1. The maximum absolute atomic E-state index is 13.6. The average molecular weight is 491 g/mol. The quantitative estimate of drug-likeness (QED) is 0.282. The topological polar surface area (TPSA) is 119 Å². The number of carbonyl (C=O) groups is 4. The second kappa shape index (κ2) is 9.99. The van der Waals surface area contributed by atoms with Crippen molar-refractivity contribution < 1.29 is 38.1 Å². The number of carboxylic acids is 1. The molecule has 1 aliphatic rings. The number of carbonyl (C=O) groups excluding carboxylic acids is 3. The summed E-state index contributed by atoms with van der Waals surface area (Å²) in [6.07, 6.45) is -0.606. The number of para-hydroxylation sites is 1. The van der Waals surface area contributed by atoms with Gasteiger partial charge in [0.05, 0.1) is 7.11 Å². The zero-order chi connectivity index (χ0) is 25.9. The predicted octanol–water partition coefficient (Wildman–Crippen LogP) is 3.29. The van der Waals surface area contributed by atoms with E-state index in [1.807, 2.05) is 0 Å². The first-order valence-electron chi connectivity index (χ1n) is 11.0. The fourth-order valence-electron chi connectivity index (χ4n) is 4.28. The third-order valence-electron chi connectivity index (χ3n) is 6.06. The summed E-state index contributed by atoms with van der Waals surface area (Å²) in [5.74, 6) is -5.41. The second-order valence-corrected chi connectivity index (χ2v) is 8.33. The van der Waals surface area contributed by atoms with Crippen LogP contribution in [0.15, 0.2) is 72.8 Å². The molecule has 2 atom stereocenters. The van der Waals surface area contributed by atoms with E-state index in [0.29, 0.717) is 11.3 Å². The highest BCUT2D eigenvalue weighted by molar-refractivity contribution is 6.12. The minimum atomic E-state index is -2.58. The Balaban J connectivity index is 1.72. The molecule has 36 heavy (non-hydrogen) atoms. The number of fused-ring (bicyclic) bond motifs is 1. The van der Waals surface area contributed by atoms with Gasteiger partial charge in [-0.15, -0.1) is 0 Å². The van der Waals surface area contributed by atoms with E-state index in [0.717, 1.165) is 0 Å². The van der Waals surface area contributed by atoms with Crippen molar-refractivity contribution in [1.29, 1.82) is 0 Å². The number of hydrogen-bond donors (Lipinski definition) is 2. The molecule has 2 unspecified atom stereocenters. The van der Waals surface area contributed by atoms with Gasteiger partial charge in [-0.05, 0) is 48.0 Å². The van der Waals surface area contributed by atoms with E-state index >= 15 is 0 Å². The number of aliphatic carboxylic acids is 1. The lowest BCUT2D eigenvalue weighted by Gasteiger charge is -2.39. The highest BCUT2D eigenvalue weighted by Crippen LogP contribution is 2.43. The molecule has 0 aromatic heterocycles. The summed E-state index contributed by atoms with van der Waals surface area (Å²) in [4.78, 5) is 52.0. The van der Waals surface area contributed by atoms with Crippen molar-refractivity contribution in [2.75, 3.05) is 7.11 Å². The fourth-order valence-corrected chi connectivity index (χ4v) is 4.28. The summed E-state index contributed by atoms with van der Waals surface area (Å²) in [7, 11) is 1.45. The number of ether oxygens (including phenoxy) is 2. The fraction of sp³-hybridized carbons (Fsp3) is 0.185. The van der Waals surface area contributed by atoms with Gasteiger partial charge in [0.25, 0.3) is 5.91 Å². The molecule has 0 saturated heterocycles. The molecule has 0 radical (unpaired) electrons. The van der Waals surface area contributed by atoms with E-state index in [-0.39, 0.29) is 23.3 Å². The zero-order valence-corrected chi connectivity index (χ0v) is 19.2. The number of Topliss-reactive ketones (excluding diaryl/α,β-unsaturated/α-hetero) is 1. The molecule has 4 rings (SSSR count). The van der Waals surface area contributed by atoms with Crippen molar-refractivity contribution >= 4 is 23.6 Å². The highest BCUT2D eigenvalue weighted by Gasteiger charge is 2.59.